The second-order valence-electron chi connectivity index (χ2n) is 2.34. The van der Waals surface area contributed by atoms with E-state index in [2.05, 4.69) is 5.32 Å². The molecule has 0 amide bonds. The summed E-state index contributed by atoms with van der Waals surface area (Å²) < 4.78 is 0. The number of aliphatic carboxylic acids is 2. The highest BCUT2D eigenvalue weighted by atomic mass is 16.4. The minimum Gasteiger partial charge on any atom is -0.550 e. The molecule has 0 aromatic heterocycles. The van der Waals surface area contributed by atoms with Gasteiger partial charge in [0.1, 0.15) is 0 Å². The van der Waals surface area contributed by atoms with Gasteiger partial charge < -0.3 is 25.1 Å². The molecular weight excluding hydrogens is 162 g/mol. The largest absolute Gasteiger partial charge is 0.550 e. The van der Waals surface area contributed by atoms with Gasteiger partial charge in [-0.1, -0.05) is 6.92 Å². The van der Waals surface area contributed by atoms with Crippen LogP contribution in [0.1, 0.15) is 19.8 Å². The lowest BCUT2D eigenvalue weighted by Crippen LogP contribution is -2.46. The first-order chi connectivity index (χ1) is 5.57. The average molecular weight is 173 g/mol. The van der Waals surface area contributed by atoms with Crippen LogP contribution in [-0.4, -0.2) is 24.5 Å². The van der Waals surface area contributed by atoms with Crippen LogP contribution in [0.2, 0.25) is 0 Å². The molecule has 0 aliphatic carbocycles. The molecule has 70 valence electrons. The van der Waals surface area contributed by atoms with Gasteiger partial charge in [-0.3, -0.25) is 0 Å². The lowest BCUT2D eigenvalue weighted by atomic mass is 10.1. The van der Waals surface area contributed by atoms with Crippen LogP contribution in [0.5, 0.6) is 0 Å². The molecule has 0 spiro atoms. The summed E-state index contributed by atoms with van der Waals surface area (Å²) in [6.07, 6.45) is -0.274. The van der Waals surface area contributed by atoms with Crippen molar-refractivity contribution in [1.82, 2.24) is 5.32 Å². The molecule has 0 aromatic carbocycles. The van der Waals surface area contributed by atoms with E-state index < -0.39 is 18.0 Å². The molecule has 0 fully saturated rings. The van der Waals surface area contributed by atoms with Gasteiger partial charge in [0.25, 0.3) is 0 Å². The molecule has 1 atom stereocenters. The van der Waals surface area contributed by atoms with Crippen LogP contribution in [0.3, 0.4) is 0 Å². The van der Waals surface area contributed by atoms with E-state index in [1.807, 2.05) is 0 Å². The highest BCUT2D eigenvalue weighted by Gasteiger charge is 2.06. The zero-order valence-corrected chi connectivity index (χ0v) is 6.83. The zero-order valence-electron chi connectivity index (χ0n) is 6.83. The maximum Gasteiger partial charge on any atom is 0.0584 e. The van der Waals surface area contributed by atoms with Gasteiger partial charge in [0, 0.05) is 12.0 Å². The lowest BCUT2D eigenvalue weighted by molar-refractivity contribution is -0.310. The number of rotatable bonds is 6. The average Bonchev–Trinajstić information content (AvgIpc) is 1.96. The van der Waals surface area contributed by atoms with Crippen molar-refractivity contribution in [2.24, 2.45) is 0 Å². The summed E-state index contributed by atoms with van der Waals surface area (Å²) >= 11 is 0. The van der Waals surface area contributed by atoms with Crippen molar-refractivity contribution in [1.29, 1.82) is 0 Å². The molecule has 5 nitrogen and oxygen atoms in total. The van der Waals surface area contributed by atoms with E-state index in [9.17, 15) is 19.8 Å². The summed E-state index contributed by atoms with van der Waals surface area (Å²) in [7, 11) is 0. The first-order valence-corrected chi connectivity index (χ1v) is 3.72. The Morgan fingerprint density at radius 2 is 2.00 bits per heavy atom. The molecule has 0 aromatic rings. The topological polar surface area (TPSA) is 92.3 Å². The Morgan fingerprint density at radius 1 is 1.42 bits per heavy atom. The van der Waals surface area contributed by atoms with Gasteiger partial charge in [-0.05, 0) is 19.4 Å². The number of nitrogens with one attached hydrogen (secondary N) is 1. The minimum absolute atomic E-state index is 0.00148. The SMILES string of the molecule is CCNC(CCC(=O)[O-])C(=O)[O-]. The van der Waals surface area contributed by atoms with E-state index >= 15 is 0 Å². The maximum atomic E-state index is 10.3. The van der Waals surface area contributed by atoms with Gasteiger partial charge in [-0.15, -0.1) is 0 Å². The fourth-order valence-corrected chi connectivity index (χ4v) is 0.812. The molecule has 0 saturated carbocycles. The number of hydrogen-bond donors (Lipinski definition) is 1. The van der Waals surface area contributed by atoms with Crippen LogP contribution in [0, 0.1) is 0 Å². The number of likely N-dealkylation sites (N-methyl/N-ethyl adjacent to an activating group) is 1. The third-order valence-corrected chi connectivity index (χ3v) is 1.37. The Bertz CT molecular complexity index is 169. The van der Waals surface area contributed by atoms with Gasteiger partial charge >= 0.3 is 0 Å². The Hall–Kier alpha value is -1.10. The monoisotopic (exact) mass is 173 g/mol. The van der Waals surface area contributed by atoms with E-state index in [4.69, 9.17) is 0 Å². The van der Waals surface area contributed by atoms with Crippen molar-refractivity contribution >= 4 is 11.9 Å². The summed E-state index contributed by atoms with van der Waals surface area (Å²) in [5.41, 5.74) is 0. The predicted molar refractivity (Wildman–Crippen MR) is 36.7 cm³/mol. The van der Waals surface area contributed by atoms with Crippen LogP contribution in [0.4, 0.5) is 0 Å². The molecule has 0 radical (unpaired) electrons. The summed E-state index contributed by atoms with van der Waals surface area (Å²) in [4.78, 5) is 20.3. The van der Waals surface area contributed by atoms with Crippen LogP contribution < -0.4 is 15.5 Å². The van der Waals surface area contributed by atoms with Gasteiger partial charge in [-0.2, -0.15) is 0 Å². The van der Waals surface area contributed by atoms with Gasteiger partial charge in [-0.25, -0.2) is 0 Å². The third kappa shape index (κ3) is 4.68. The second kappa shape index (κ2) is 5.54. The van der Waals surface area contributed by atoms with Crippen molar-refractivity contribution in [2.75, 3.05) is 6.54 Å². The van der Waals surface area contributed by atoms with E-state index in [0.717, 1.165) is 0 Å². The van der Waals surface area contributed by atoms with Crippen molar-refractivity contribution in [3.63, 3.8) is 0 Å². The zero-order chi connectivity index (χ0) is 9.56. The van der Waals surface area contributed by atoms with Crippen molar-refractivity contribution in [3.8, 4) is 0 Å². The highest BCUT2D eigenvalue weighted by molar-refractivity contribution is 5.72. The summed E-state index contributed by atoms with van der Waals surface area (Å²) in [6, 6.07) is -0.895. The van der Waals surface area contributed by atoms with Gasteiger partial charge in [0.2, 0.25) is 0 Å². The predicted octanol–water partition coefficient (Wildman–Crippen LogP) is -2.76. The molecule has 0 bridgehead atoms. The molecule has 5 heteroatoms. The Morgan fingerprint density at radius 3 is 2.33 bits per heavy atom. The number of carboxylic acid groups (broad SMARTS) is 2. The number of carbonyl (C=O) groups excluding carboxylic acids is 2. The molecule has 0 heterocycles. The van der Waals surface area contributed by atoms with E-state index in [0.29, 0.717) is 6.54 Å². The molecule has 1 N–H and O–H groups in total. The lowest BCUT2D eigenvalue weighted by Gasteiger charge is -2.18. The van der Waals surface area contributed by atoms with E-state index in [-0.39, 0.29) is 12.8 Å². The first kappa shape index (κ1) is 10.9. The van der Waals surface area contributed by atoms with Gasteiger partial charge in [0.15, 0.2) is 0 Å². The van der Waals surface area contributed by atoms with Crippen LogP contribution in [0.25, 0.3) is 0 Å². The Balaban J connectivity index is 3.79. The fraction of sp³-hybridized carbons (Fsp3) is 0.714. The molecule has 0 rings (SSSR count). The van der Waals surface area contributed by atoms with E-state index in [1.54, 1.807) is 6.92 Å². The van der Waals surface area contributed by atoms with Crippen LogP contribution in [0.15, 0.2) is 0 Å². The Kier molecular flexibility index (Phi) is 5.03. The molecular formula is C7H11NO4-2. The molecule has 0 saturated heterocycles. The summed E-state index contributed by atoms with van der Waals surface area (Å²) in [5, 5.41) is 22.9. The minimum atomic E-state index is -1.28. The summed E-state index contributed by atoms with van der Waals surface area (Å²) in [5.74, 6) is -2.53. The molecule has 12 heavy (non-hydrogen) atoms. The Labute approximate surface area is 70.4 Å². The fourth-order valence-electron chi connectivity index (χ4n) is 0.812. The highest BCUT2D eigenvalue weighted by Crippen LogP contribution is 1.94. The third-order valence-electron chi connectivity index (χ3n) is 1.37. The van der Waals surface area contributed by atoms with E-state index in [1.165, 1.54) is 0 Å². The standard InChI is InChI=1S/C7H13NO4/c1-2-8-5(7(11)12)3-4-6(9)10/h5,8H,2-4H2,1H3,(H,9,10)(H,11,12)/p-2. The van der Waals surface area contributed by atoms with Gasteiger partial charge in [0.05, 0.1) is 5.97 Å². The number of carbonyl (C=O) groups is 2. The second-order valence-corrected chi connectivity index (χ2v) is 2.34. The molecule has 0 aliphatic rings. The number of hydrogen-bond acceptors (Lipinski definition) is 5. The van der Waals surface area contributed by atoms with Crippen molar-refractivity contribution in [3.05, 3.63) is 0 Å². The summed E-state index contributed by atoms with van der Waals surface area (Å²) in [6.45, 7) is 2.20. The first-order valence-electron chi connectivity index (χ1n) is 3.72. The van der Waals surface area contributed by atoms with Crippen molar-refractivity contribution in [2.45, 2.75) is 25.8 Å². The smallest absolute Gasteiger partial charge is 0.0584 e. The molecule has 1 unspecified atom stereocenters. The van der Waals surface area contributed by atoms with Crippen LogP contribution >= 0.6 is 0 Å². The van der Waals surface area contributed by atoms with Crippen molar-refractivity contribution < 1.29 is 19.8 Å². The number of carboxylic acids is 2. The molecule has 0 aliphatic heterocycles. The normalized spacial score (nSPS) is 12.4. The maximum absolute atomic E-state index is 10.3. The van der Waals surface area contributed by atoms with Crippen LogP contribution in [-0.2, 0) is 9.59 Å². The quantitative estimate of drug-likeness (QED) is 0.470.